The van der Waals surface area contributed by atoms with Crippen LogP contribution in [0.15, 0.2) is 42.5 Å². The van der Waals surface area contributed by atoms with E-state index in [4.69, 9.17) is 23.2 Å². The Morgan fingerprint density at radius 3 is 2.39 bits per heavy atom. The highest BCUT2D eigenvalue weighted by atomic mass is 35.5. The van der Waals surface area contributed by atoms with Gasteiger partial charge >= 0.3 is 5.97 Å². The van der Waals surface area contributed by atoms with Crippen molar-refractivity contribution in [3.05, 3.63) is 69.5 Å². The first-order valence-corrected chi connectivity index (χ1v) is 11.4. The zero-order chi connectivity index (χ0) is 23.5. The molecule has 8 nitrogen and oxygen atoms in total. The van der Waals surface area contributed by atoms with E-state index in [1.165, 1.54) is 12.1 Å². The van der Waals surface area contributed by atoms with Gasteiger partial charge in [-0.3, -0.25) is 4.57 Å². The van der Waals surface area contributed by atoms with Crippen LogP contribution in [-0.2, 0) is 6.61 Å². The minimum Gasteiger partial charge on any atom is -0.478 e. The van der Waals surface area contributed by atoms with Gasteiger partial charge in [0.2, 0.25) is 0 Å². The molecule has 2 heterocycles. The maximum atomic E-state index is 11.3. The molecule has 1 aromatic heterocycles. The Hall–Kier alpha value is -2.46. The van der Waals surface area contributed by atoms with Crippen LogP contribution in [0.3, 0.4) is 0 Å². The first kappa shape index (κ1) is 23.7. The van der Waals surface area contributed by atoms with Crippen molar-refractivity contribution in [3.8, 4) is 17.1 Å². The van der Waals surface area contributed by atoms with E-state index in [-0.39, 0.29) is 11.3 Å². The molecule has 1 atom stereocenters. The van der Waals surface area contributed by atoms with Gasteiger partial charge in [-0.15, -0.1) is 0 Å². The summed E-state index contributed by atoms with van der Waals surface area (Å²) in [6.07, 6.45) is 2.05. The monoisotopic (exact) mass is 490 g/mol. The highest BCUT2D eigenvalue weighted by Gasteiger charge is 2.26. The van der Waals surface area contributed by atoms with Crippen molar-refractivity contribution < 1.29 is 20.1 Å². The van der Waals surface area contributed by atoms with Crippen LogP contribution in [0.1, 0.15) is 47.2 Å². The van der Waals surface area contributed by atoms with Gasteiger partial charge in [-0.25, -0.2) is 20.2 Å². The summed E-state index contributed by atoms with van der Waals surface area (Å²) in [4.78, 5) is 15.9. The molecule has 0 bridgehead atoms. The van der Waals surface area contributed by atoms with Crippen LogP contribution in [0.25, 0.3) is 17.1 Å². The molecule has 4 N–H and O–H groups in total. The normalized spacial score (nSPS) is 15.5. The summed E-state index contributed by atoms with van der Waals surface area (Å²) in [6, 6.07) is 11.1. The SMILES string of the molecule is O=C(O)c1ccc(-n2c(-c3ccc(Cl)cc3Cl)nc(C(O)NN3CCCCC3)c2CO)cc1. The number of imidazole rings is 1. The Balaban J connectivity index is 1.83. The summed E-state index contributed by atoms with van der Waals surface area (Å²) >= 11 is 12.5. The van der Waals surface area contributed by atoms with Crippen LogP contribution < -0.4 is 5.43 Å². The average molecular weight is 491 g/mol. The van der Waals surface area contributed by atoms with E-state index >= 15 is 0 Å². The summed E-state index contributed by atoms with van der Waals surface area (Å²) in [7, 11) is 0. The number of aliphatic hydroxyl groups excluding tert-OH is 2. The number of aromatic nitrogens is 2. The summed E-state index contributed by atoms with van der Waals surface area (Å²) in [5, 5.41) is 33.2. The van der Waals surface area contributed by atoms with Crippen molar-refractivity contribution in [2.24, 2.45) is 0 Å². The first-order chi connectivity index (χ1) is 15.9. The van der Waals surface area contributed by atoms with E-state index in [2.05, 4.69) is 10.4 Å². The second-order valence-electron chi connectivity index (χ2n) is 7.82. The molecule has 0 amide bonds. The van der Waals surface area contributed by atoms with Crippen LogP contribution in [0.4, 0.5) is 0 Å². The van der Waals surface area contributed by atoms with Crippen LogP contribution in [-0.4, -0.2) is 48.9 Å². The molecule has 10 heteroatoms. The smallest absolute Gasteiger partial charge is 0.335 e. The Bertz CT molecular complexity index is 1140. The summed E-state index contributed by atoms with van der Waals surface area (Å²) in [5.74, 6) is -0.657. The predicted octanol–water partition coefficient (Wildman–Crippen LogP) is 4.02. The Labute approximate surface area is 201 Å². The molecular formula is C23H24Cl2N4O4. The number of carboxylic acid groups (broad SMARTS) is 1. The van der Waals surface area contributed by atoms with Crippen molar-refractivity contribution in [1.82, 2.24) is 20.0 Å². The zero-order valence-corrected chi connectivity index (χ0v) is 19.2. The van der Waals surface area contributed by atoms with E-state index in [9.17, 15) is 20.1 Å². The number of hydrogen-bond donors (Lipinski definition) is 4. The van der Waals surface area contributed by atoms with Gasteiger partial charge in [-0.05, 0) is 55.3 Å². The number of aliphatic hydroxyl groups is 2. The number of nitrogens with one attached hydrogen (secondary N) is 1. The highest BCUT2D eigenvalue weighted by molar-refractivity contribution is 6.36. The molecule has 1 unspecified atom stereocenters. The first-order valence-electron chi connectivity index (χ1n) is 10.6. The number of halogens is 2. The fourth-order valence-electron chi connectivity index (χ4n) is 3.98. The zero-order valence-electron chi connectivity index (χ0n) is 17.7. The van der Waals surface area contributed by atoms with Gasteiger partial charge in [-0.2, -0.15) is 0 Å². The van der Waals surface area contributed by atoms with Gasteiger partial charge in [0.25, 0.3) is 0 Å². The average Bonchev–Trinajstić information content (AvgIpc) is 3.19. The molecule has 1 saturated heterocycles. The quantitative estimate of drug-likeness (QED) is 0.370. The lowest BCUT2D eigenvalue weighted by Crippen LogP contribution is -2.43. The fraction of sp³-hybridized carbons (Fsp3) is 0.304. The number of rotatable bonds is 7. The number of carbonyl (C=O) groups is 1. The van der Waals surface area contributed by atoms with Gasteiger partial charge in [0.1, 0.15) is 11.5 Å². The lowest BCUT2D eigenvalue weighted by molar-refractivity contribution is 0.0195. The van der Waals surface area contributed by atoms with Crippen LogP contribution in [0, 0.1) is 0 Å². The number of carboxylic acids is 1. The Morgan fingerprint density at radius 1 is 1.09 bits per heavy atom. The Kier molecular flexibility index (Phi) is 7.33. The van der Waals surface area contributed by atoms with Crippen LogP contribution in [0.5, 0.6) is 0 Å². The van der Waals surface area contributed by atoms with Crippen molar-refractivity contribution in [1.29, 1.82) is 0 Å². The number of hydrogen-bond acceptors (Lipinski definition) is 6. The lowest BCUT2D eigenvalue weighted by Gasteiger charge is -2.29. The fourth-order valence-corrected chi connectivity index (χ4v) is 4.47. The summed E-state index contributed by atoms with van der Waals surface area (Å²) < 4.78 is 1.66. The molecule has 1 aliphatic rings. The van der Waals surface area contributed by atoms with Crippen molar-refractivity contribution in [3.63, 3.8) is 0 Å². The standard InChI is InChI=1S/C23H24Cl2N4O4/c24-15-6-9-17(18(25)12-15)21-26-20(22(31)27-28-10-2-1-3-11-28)19(13-30)29(21)16-7-4-14(5-8-16)23(32)33/h4-9,12,22,27,30-31H,1-3,10-11,13H2,(H,32,33). The number of hydrazine groups is 1. The third-order valence-electron chi connectivity index (χ3n) is 5.62. The van der Waals surface area contributed by atoms with E-state index in [1.54, 1.807) is 34.9 Å². The largest absolute Gasteiger partial charge is 0.478 e. The minimum atomic E-state index is -1.16. The molecule has 174 valence electrons. The maximum Gasteiger partial charge on any atom is 0.335 e. The molecule has 2 aromatic carbocycles. The predicted molar refractivity (Wildman–Crippen MR) is 125 cm³/mol. The van der Waals surface area contributed by atoms with Crippen LogP contribution >= 0.6 is 23.2 Å². The van der Waals surface area contributed by atoms with E-state index in [0.29, 0.717) is 32.8 Å². The van der Waals surface area contributed by atoms with Gasteiger partial charge < -0.3 is 15.3 Å². The van der Waals surface area contributed by atoms with Crippen molar-refractivity contribution >= 4 is 29.2 Å². The van der Waals surface area contributed by atoms with Crippen LogP contribution in [0.2, 0.25) is 10.0 Å². The van der Waals surface area contributed by atoms with Crippen molar-refractivity contribution in [2.75, 3.05) is 13.1 Å². The Morgan fingerprint density at radius 2 is 1.79 bits per heavy atom. The van der Waals surface area contributed by atoms with Gasteiger partial charge in [0.05, 0.1) is 22.9 Å². The minimum absolute atomic E-state index is 0.127. The molecule has 4 rings (SSSR count). The summed E-state index contributed by atoms with van der Waals surface area (Å²) in [5.41, 5.74) is 4.93. The second kappa shape index (κ2) is 10.2. The van der Waals surface area contributed by atoms with E-state index < -0.39 is 18.8 Å². The molecule has 33 heavy (non-hydrogen) atoms. The molecule has 0 aliphatic carbocycles. The lowest BCUT2D eigenvalue weighted by atomic mass is 10.1. The summed E-state index contributed by atoms with van der Waals surface area (Å²) in [6.45, 7) is 1.20. The van der Waals surface area contributed by atoms with Crippen molar-refractivity contribution in [2.45, 2.75) is 32.1 Å². The van der Waals surface area contributed by atoms with E-state index in [1.807, 2.05) is 5.01 Å². The second-order valence-corrected chi connectivity index (χ2v) is 8.66. The number of benzene rings is 2. The molecule has 1 fully saturated rings. The molecule has 0 spiro atoms. The third-order valence-corrected chi connectivity index (χ3v) is 6.17. The molecule has 3 aromatic rings. The number of nitrogens with zero attached hydrogens (tertiary/aromatic N) is 3. The van der Waals surface area contributed by atoms with Gasteiger partial charge in [0, 0.05) is 29.4 Å². The molecule has 1 aliphatic heterocycles. The highest BCUT2D eigenvalue weighted by Crippen LogP contribution is 2.34. The molecular weight excluding hydrogens is 467 g/mol. The van der Waals surface area contributed by atoms with Gasteiger partial charge in [0.15, 0.2) is 6.23 Å². The maximum absolute atomic E-state index is 11.3. The molecule has 0 saturated carbocycles. The van der Waals surface area contributed by atoms with Gasteiger partial charge in [-0.1, -0.05) is 29.6 Å². The number of piperidine rings is 1. The number of aromatic carboxylic acids is 1. The molecule has 0 radical (unpaired) electrons. The third kappa shape index (κ3) is 5.06. The van der Waals surface area contributed by atoms with E-state index in [0.717, 1.165) is 32.4 Å². The topological polar surface area (TPSA) is 111 Å².